The summed E-state index contributed by atoms with van der Waals surface area (Å²) >= 11 is 1.71. The van der Waals surface area contributed by atoms with Gasteiger partial charge in [-0.2, -0.15) is 11.3 Å². The molecule has 22 heavy (non-hydrogen) atoms. The van der Waals surface area contributed by atoms with Crippen LogP contribution in [0.3, 0.4) is 0 Å². The average Bonchev–Trinajstić information content (AvgIpc) is 3.20. The highest BCUT2D eigenvalue weighted by atomic mass is 32.1. The van der Waals surface area contributed by atoms with Crippen molar-refractivity contribution in [1.82, 2.24) is 15.0 Å². The van der Waals surface area contributed by atoms with E-state index in [-0.39, 0.29) is 0 Å². The lowest BCUT2D eigenvalue weighted by molar-refractivity contribution is 0.245. The number of hydrogen-bond donors (Lipinski definition) is 0. The van der Waals surface area contributed by atoms with Gasteiger partial charge in [-0.05, 0) is 34.5 Å². The quantitative estimate of drug-likeness (QED) is 0.619. The van der Waals surface area contributed by atoms with E-state index in [1.165, 1.54) is 5.56 Å². The Morgan fingerprint density at radius 2 is 2.18 bits per heavy atom. The Hall–Kier alpha value is -2.24. The molecule has 0 radical (unpaired) electrons. The number of nitrogens with zero attached hydrogens (tertiary/aromatic N) is 3. The first-order valence-electron chi connectivity index (χ1n) is 7.06. The molecule has 0 unspecified atom stereocenters. The van der Waals surface area contributed by atoms with Crippen molar-refractivity contribution in [3.8, 4) is 11.4 Å². The van der Waals surface area contributed by atoms with Crippen LogP contribution in [0.1, 0.15) is 11.3 Å². The van der Waals surface area contributed by atoms with E-state index >= 15 is 0 Å². The summed E-state index contributed by atoms with van der Waals surface area (Å²) in [5.41, 5.74) is 2.90. The molecule has 0 N–H and O–H groups in total. The predicted octanol–water partition coefficient (Wildman–Crippen LogP) is 3.99. The summed E-state index contributed by atoms with van der Waals surface area (Å²) in [5, 5.41) is 8.36. The van der Waals surface area contributed by atoms with Gasteiger partial charge in [0, 0.05) is 25.4 Å². The number of hydrogen-bond acceptors (Lipinski definition) is 5. The van der Waals surface area contributed by atoms with E-state index in [0.717, 1.165) is 30.2 Å². The van der Waals surface area contributed by atoms with Crippen LogP contribution in [0, 0.1) is 0 Å². The Kier molecular flexibility index (Phi) is 4.78. The summed E-state index contributed by atoms with van der Waals surface area (Å²) < 4.78 is 5.45. The monoisotopic (exact) mass is 311 g/mol. The van der Waals surface area contributed by atoms with E-state index in [4.69, 9.17) is 4.52 Å². The zero-order valence-electron chi connectivity index (χ0n) is 12.2. The number of rotatable bonds is 7. The third-order valence-corrected chi connectivity index (χ3v) is 3.97. The van der Waals surface area contributed by atoms with Gasteiger partial charge in [-0.3, -0.25) is 9.88 Å². The van der Waals surface area contributed by atoms with E-state index in [1.807, 2.05) is 30.3 Å². The van der Waals surface area contributed by atoms with Crippen LogP contribution >= 0.6 is 11.3 Å². The average molecular weight is 311 g/mol. The van der Waals surface area contributed by atoms with Gasteiger partial charge >= 0.3 is 0 Å². The summed E-state index contributed by atoms with van der Waals surface area (Å²) in [6.07, 6.45) is 3.66. The van der Waals surface area contributed by atoms with Gasteiger partial charge in [0.15, 0.2) is 5.76 Å². The molecular formula is C17H17N3OS. The Bertz CT molecular complexity index is 707. The Labute approximate surface area is 133 Å². The van der Waals surface area contributed by atoms with Crippen LogP contribution in [-0.2, 0) is 13.1 Å². The minimum atomic E-state index is 0.696. The number of thiophene rings is 1. The molecule has 3 heterocycles. The normalized spacial score (nSPS) is 11.0. The van der Waals surface area contributed by atoms with E-state index < -0.39 is 0 Å². The second kappa shape index (κ2) is 7.15. The molecule has 3 rings (SSSR count). The molecule has 3 aromatic heterocycles. The minimum absolute atomic E-state index is 0.696. The second-order valence-corrected chi connectivity index (χ2v) is 5.76. The molecule has 4 nitrogen and oxygen atoms in total. The molecule has 0 bridgehead atoms. The van der Waals surface area contributed by atoms with Gasteiger partial charge in [-0.15, -0.1) is 6.58 Å². The number of pyridine rings is 1. The molecular weight excluding hydrogens is 294 g/mol. The van der Waals surface area contributed by atoms with Gasteiger partial charge in [0.05, 0.1) is 12.2 Å². The van der Waals surface area contributed by atoms with Gasteiger partial charge < -0.3 is 4.52 Å². The van der Waals surface area contributed by atoms with Crippen LogP contribution in [0.2, 0.25) is 0 Å². The van der Waals surface area contributed by atoms with Gasteiger partial charge in [-0.1, -0.05) is 17.3 Å². The summed E-state index contributed by atoms with van der Waals surface area (Å²) in [6.45, 7) is 6.20. The zero-order valence-corrected chi connectivity index (χ0v) is 13.0. The van der Waals surface area contributed by atoms with Crippen molar-refractivity contribution in [3.63, 3.8) is 0 Å². The molecule has 0 saturated heterocycles. The predicted molar refractivity (Wildman–Crippen MR) is 88.4 cm³/mol. The fourth-order valence-corrected chi connectivity index (χ4v) is 2.91. The third-order valence-electron chi connectivity index (χ3n) is 3.24. The maximum atomic E-state index is 5.45. The summed E-state index contributed by atoms with van der Waals surface area (Å²) in [7, 11) is 0. The first-order valence-corrected chi connectivity index (χ1v) is 8.01. The first kappa shape index (κ1) is 14.7. The Balaban J connectivity index is 1.70. The lowest BCUT2D eigenvalue weighted by atomic mass is 10.2. The van der Waals surface area contributed by atoms with E-state index in [0.29, 0.717) is 6.54 Å². The lowest BCUT2D eigenvalue weighted by Crippen LogP contribution is -2.22. The van der Waals surface area contributed by atoms with E-state index in [1.54, 1.807) is 17.5 Å². The highest BCUT2D eigenvalue weighted by molar-refractivity contribution is 7.07. The largest absolute Gasteiger partial charge is 0.359 e. The third kappa shape index (κ3) is 3.69. The minimum Gasteiger partial charge on any atom is -0.359 e. The summed E-state index contributed by atoms with van der Waals surface area (Å²) in [5.74, 6) is 0.831. The molecule has 0 aromatic carbocycles. The highest BCUT2D eigenvalue weighted by Crippen LogP contribution is 2.18. The fourth-order valence-electron chi connectivity index (χ4n) is 2.25. The topological polar surface area (TPSA) is 42.2 Å². The van der Waals surface area contributed by atoms with Crippen molar-refractivity contribution < 1.29 is 4.52 Å². The van der Waals surface area contributed by atoms with Gasteiger partial charge in [0.25, 0.3) is 0 Å². The van der Waals surface area contributed by atoms with Gasteiger partial charge in [0.2, 0.25) is 0 Å². The van der Waals surface area contributed by atoms with Crippen molar-refractivity contribution in [2.75, 3.05) is 6.54 Å². The van der Waals surface area contributed by atoms with E-state index in [2.05, 4.69) is 38.4 Å². The van der Waals surface area contributed by atoms with Gasteiger partial charge in [-0.25, -0.2) is 0 Å². The molecule has 0 aliphatic rings. The maximum Gasteiger partial charge on any atom is 0.151 e. The van der Waals surface area contributed by atoms with Crippen molar-refractivity contribution in [3.05, 3.63) is 71.3 Å². The van der Waals surface area contributed by atoms with Crippen LogP contribution < -0.4 is 0 Å². The Morgan fingerprint density at radius 1 is 1.23 bits per heavy atom. The summed E-state index contributed by atoms with van der Waals surface area (Å²) in [6, 6.07) is 9.84. The molecule has 0 spiro atoms. The molecule has 3 aromatic rings. The van der Waals surface area contributed by atoms with Crippen LogP contribution in [-0.4, -0.2) is 21.6 Å². The van der Waals surface area contributed by atoms with Crippen LogP contribution in [0.25, 0.3) is 11.4 Å². The number of aromatic nitrogens is 2. The molecule has 112 valence electrons. The molecule has 0 saturated carbocycles. The Morgan fingerprint density at radius 3 is 2.91 bits per heavy atom. The van der Waals surface area contributed by atoms with Crippen LogP contribution in [0.15, 0.2) is 64.5 Å². The lowest BCUT2D eigenvalue weighted by Gasteiger charge is -2.18. The van der Waals surface area contributed by atoms with Crippen molar-refractivity contribution in [2.24, 2.45) is 0 Å². The fraction of sp³-hybridized carbons (Fsp3) is 0.176. The van der Waals surface area contributed by atoms with Crippen LogP contribution in [0.5, 0.6) is 0 Å². The van der Waals surface area contributed by atoms with Crippen molar-refractivity contribution in [1.29, 1.82) is 0 Å². The molecule has 0 atom stereocenters. The smallest absolute Gasteiger partial charge is 0.151 e. The van der Waals surface area contributed by atoms with Crippen molar-refractivity contribution >= 4 is 11.3 Å². The van der Waals surface area contributed by atoms with Crippen molar-refractivity contribution in [2.45, 2.75) is 13.1 Å². The highest BCUT2D eigenvalue weighted by Gasteiger charge is 2.12. The standard InChI is InChI=1S/C17H17N3OS/c1-2-8-20(11-14-6-9-22-13-14)12-15-10-17(19-21-15)16-5-3-4-7-18-16/h2-7,9-10,13H,1,8,11-12H2. The molecule has 0 aliphatic heterocycles. The first-order chi connectivity index (χ1) is 10.8. The zero-order chi connectivity index (χ0) is 15.2. The van der Waals surface area contributed by atoms with Crippen LogP contribution in [0.4, 0.5) is 0 Å². The molecule has 0 aliphatic carbocycles. The summed E-state index contributed by atoms with van der Waals surface area (Å²) in [4.78, 5) is 6.55. The van der Waals surface area contributed by atoms with Gasteiger partial charge in [0.1, 0.15) is 5.69 Å². The SMILES string of the molecule is C=CCN(Cc1ccsc1)Cc1cc(-c2ccccn2)no1. The van der Waals surface area contributed by atoms with E-state index in [9.17, 15) is 0 Å². The molecule has 5 heteroatoms. The molecule has 0 amide bonds. The second-order valence-electron chi connectivity index (χ2n) is 4.98. The maximum absolute atomic E-state index is 5.45. The molecule has 0 fully saturated rings.